The molecule has 2 aromatic rings. The van der Waals surface area contributed by atoms with E-state index >= 15 is 0 Å². The third kappa shape index (κ3) is 4.22. The number of hydrogen-bond donors (Lipinski definition) is 2. The highest BCUT2D eigenvalue weighted by atomic mass is 19.4. The van der Waals surface area contributed by atoms with Crippen molar-refractivity contribution in [2.75, 3.05) is 20.1 Å². The number of halogens is 3. The number of aliphatic hydroxyl groups excluding tert-OH is 1. The number of aromatic nitrogens is 2. The molecule has 0 bridgehead atoms. The number of aliphatic hydroxyl groups is 1. The molecule has 1 saturated heterocycles. The molecule has 8 heteroatoms. The van der Waals surface area contributed by atoms with Gasteiger partial charge in [0, 0.05) is 18.0 Å². The lowest BCUT2D eigenvalue weighted by molar-refractivity contribution is -0.137. The van der Waals surface area contributed by atoms with Gasteiger partial charge in [-0.1, -0.05) is 0 Å². The van der Waals surface area contributed by atoms with Gasteiger partial charge in [0.25, 0.3) is 0 Å². The van der Waals surface area contributed by atoms with Crippen molar-refractivity contribution in [1.82, 2.24) is 15.1 Å². The lowest BCUT2D eigenvalue weighted by Gasteiger charge is -2.32. The summed E-state index contributed by atoms with van der Waals surface area (Å²) in [6.07, 6.45) is -3.39. The van der Waals surface area contributed by atoms with Crippen LogP contribution in [0.2, 0.25) is 0 Å². The summed E-state index contributed by atoms with van der Waals surface area (Å²) < 4.78 is 38.3. The second kappa shape index (κ2) is 7.44. The largest absolute Gasteiger partial charge is 0.507 e. The van der Waals surface area contributed by atoms with E-state index in [9.17, 15) is 23.4 Å². The zero-order valence-corrected chi connectivity index (χ0v) is 15.2. The van der Waals surface area contributed by atoms with E-state index in [1.54, 1.807) is 13.0 Å². The number of phenols is 1. The molecule has 5 nitrogen and oxygen atoms in total. The van der Waals surface area contributed by atoms with Gasteiger partial charge >= 0.3 is 6.18 Å². The van der Waals surface area contributed by atoms with Crippen LogP contribution in [-0.4, -0.2) is 45.4 Å². The van der Waals surface area contributed by atoms with Crippen LogP contribution in [0.4, 0.5) is 13.2 Å². The summed E-state index contributed by atoms with van der Waals surface area (Å²) in [5.74, 6) is -0.452. The number of nitrogens with zero attached hydrogens (tertiary/aromatic N) is 3. The Bertz CT molecular complexity index is 826. The molecule has 1 aliphatic heterocycles. The quantitative estimate of drug-likeness (QED) is 0.851. The molecule has 3 rings (SSSR count). The molecular formula is C19H22F3N3O2. The van der Waals surface area contributed by atoms with E-state index in [0.717, 1.165) is 32.0 Å². The van der Waals surface area contributed by atoms with Crippen LogP contribution in [0.3, 0.4) is 0 Å². The molecule has 2 atom stereocenters. The van der Waals surface area contributed by atoms with Crippen LogP contribution in [0.1, 0.15) is 35.8 Å². The average Bonchev–Trinajstić information content (AvgIpc) is 2.60. The van der Waals surface area contributed by atoms with E-state index in [2.05, 4.69) is 15.1 Å². The van der Waals surface area contributed by atoms with Crippen molar-refractivity contribution >= 4 is 0 Å². The molecule has 1 aromatic carbocycles. The minimum Gasteiger partial charge on any atom is -0.507 e. The van der Waals surface area contributed by atoms with Crippen LogP contribution >= 0.6 is 0 Å². The lowest BCUT2D eigenvalue weighted by Crippen LogP contribution is -2.35. The van der Waals surface area contributed by atoms with Gasteiger partial charge in [0.2, 0.25) is 0 Å². The molecule has 0 radical (unpaired) electrons. The highest BCUT2D eigenvalue weighted by Crippen LogP contribution is 2.37. The summed E-state index contributed by atoms with van der Waals surface area (Å²) in [4.78, 5) is 2.16. The monoisotopic (exact) mass is 381 g/mol. The molecule has 0 aliphatic carbocycles. The third-order valence-electron chi connectivity index (χ3n) is 4.99. The van der Waals surface area contributed by atoms with Crippen molar-refractivity contribution in [2.24, 2.45) is 5.92 Å². The zero-order chi connectivity index (χ0) is 19.8. The Labute approximate surface area is 155 Å². The molecule has 2 N–H and O–H groups in total. The van der Waals surface area contributed by atoms with E-state index in [-0.39, 0.29) is 17.2 Å². The van der Waals surface area contributed by atoms with E-state index in [1.165, 1.54) is 6.07 Å². The van der Waals surface area contributed by atoms with Crippen molar-refractivity contribution in [3.8, 4) is 17.0 Å². The van der Waals surface area contributed by atoms with Crippen molar-refractivity contribution in [1.29, 1.82) is 0 Å². The van der Waals surface area contributed by atoms with Gasteiger partial charge in [0.1, 0.15) is 11.9 Å². The van der Waals surface area contributed by atoms with E-state index in [1.807, 2.05) is 7.05 Å². The number of aryl methyl sites for hydroxylation is 1. The van der Waals surface area contributed by atoms with Crippen LogP contribution < -0.4 is 0 Å². The molecule has 0 saturated carbocycles. The Kier molecular flexibility index (Phi) is 5.39. The van der Waals surface area contributed by atoms with Crippen LogP contribution in [0.5, 0.6) is 5.75 Å². The van der Waals surface area contributed by atoms with Gasteiger partial charge in [-0.3, -0.25) is 0 Å². The zero-order valence-electron chi connectivity index (χ0n) is 15.2. The summed E-state index contributed by atoms with van der Waals surface area (Å²) in [6, 6.07) is 4.44. The summed E-state index contributed by atoms with van der Waals surface area (Å²) in [6.45, 7) is 3.49. The van der Waals surface area contributed by atoms with Gasteiger partial charge in [-0.15, -0.1) is 5.10 Å². The number of benzene rings is 1. The predicted molar refractivity (Wildman–Crippen MR) is 94.1 cm³/mol. The highest BCUT2D eigenvalue weighted by molar-refractivity contribution is 5.69. The highest BCUT2D eigenvalue weighted by Gasteiger charge is 2.31. The van der Waals surface area contributed by atoms with Crippen molar-refractivity contribution < 1.29 is 23.4 Å². The van der Waals surface area contributed by atoms with Gasteiger partial charge in [0.05, 0.1) is 17.0 Å². The summed E-state index contributed by atoms with van der Waals surface area (Å²) in [7, 11) is 2.01. The Morgan fingerprint density at radius 1 is 1.22 bits per heavy atom. The summed E-state index contributed by atoms with van der Waals surface area (Å²) in [5, 5.41) is 28.8. The molecule has 0 spiro atoms. The van der Waals surface area contributed by atoms with Crippen molar-refractivity contribution in [3.05, 3.63) is 41.1 Å². The fraction of sp³-hybridized carbons (Fsp3) is 0.474. The van der Waals surface area contributed by atoms with Gasteiger partial charge in [-0.2, -0.15) is 18.3 Å². The third-order valence-corrected chi connectivity index (χ3v) is 4.99. The first-order valence-electron chi connectivity index (χ1n) is 8.78. The Balaban J connectivity index is 1.87. The van der Waals surface area contributed by atoms with Crippen LogP contribution in [-0.2, 0) is 6.18 Å². The first-order chi connectivity index (χ1) is 12.7. The number of piperidine rings is 1. The molecule has 146 valence electrons. The minimum atomic E-state index is -4.53. The lowest BCUT2D eigenvalue weighted by atomic mass is 9.90. The number of phenolic OH excluding ortho intramolecular Hbond substituents is 1. The number of rotatable bonds is 3. The predicted octanol–water partition coefficient (Wildman–Crippen LogP) is 3.55. The molecule has 2 heterocycles. The van der Waals surface area contributed by atoms with Gasteiger partial charge in [0.15, 0.2) is 0 Å². The molecule has 27 heavy (non-hydrogen) atoms. The molecule has 1 aromatic heterocycles. The smallest absolute Gasteiger partial charge is 0.416 e. The summed E-state index contributed by atoms with van der Waals surface area (Å²) in [5.41, 5.74) is 0.591. The molecule has 0 amide bonds. The van der Waals surface area contributed by atoms with Gasteiger partial charge in [-0.05, 0) is 63.2 Å². The number of alkyl halides is 3. The maximum absolute atomic E-state index is 12.8. The standard InChI is InChI=1S/C19H22F3N3O2/c1-11-8-15(18(27)12-4-3-7-25(2)10-12)23-24-17(11)14-6-5-13(9-16(14)26)19(20,21)22/h5-6,8-9,12,18,26-27H,3-4,7,10H2,1-2H3/t12-,18?/m1/s1. The minimum absolute atomic E-state index is 0.0581. The molecule has 1 fully saturated rings. The topological polar surface area (TPSA) is 69.5 Å². The fourth-order valence-electron chi connectivity index (χ4n) is 3.53. The first kappa shape index (κ1) is 19.6. The van der Waals surface area contributed by atoms with Crippen LogP contribution in [0.25, 0.3) is 11.3 Å². The van der Waals surface area contributed by atoms with E-state index in [4.69, 9.17) is 0 Å². The maximum atomic E-state index is 12.8. The van der Waals surface area contributed by atoms with Crippen molar-refractivity contribution in [3.63, 3.8) is 0 Å². The SMILES string of the molecule is Cc1cc(C(O)[C@@H]2CCCN(C)C2)nnc1-c1ccc(C(F)(F)F)cc1O. The molecular weight excluding hydrogens is 359 g/mol. The maximum Gasteiger partial charge on any atom is 0.416 e. The molecule has 1 unspecified atom stereocenters. The average molecular weight is 381 g/mol. The van der Waals surface area contributed by atoms with Gasteiger partial charge in [-0.25, -0.2) is 0 Å². The van der Waals surface area contributed by atoms with E-state index in [0.29, 0.717) is 17.3 Å². The Hall–Kier alpha value is -2.19. The Morgan fingerprint density at radius 2 is 1.96 bits per heavy atom. The second-order valence-corrected chi connectivity index (χ2v) is 7.14. The number of hydrogen-bond acceptors (Lipinski definition) is 5. The second-order valence-electron chi connectivity index (χ2n) is 7.14. The Morgan fingerprint density at radius 3 is 2.56 bits per heavy atom. The van der Waals surface area contributed by atoms with Crippen LogP contribution in [0.15, 0.2) is 24.3 Å². The molecule has 1 aliphatic rings. The first-order valence-corrected chi connectivity index (χ1v) is 8.78. The number of aromatic hydroxyl groups is 1. The normalized spacial score (nSPS) is 19.9. The fourth-order valence-corrected chi connectivity index (χ4v) is 3.53. The number of likely N-dealkylation sites (tertiary alicyclic amines) is 1. The van der Waals surface area contributed by atoms with E-state index < -0.39 is 23.6 Å². The van der Waals surface area contributed by atoms with Crippen molar-refractivity contribution in [2.45, 2.75) is 32.0 Å². The van der Waals surface area contributed by atoms with Crippen LogP contribution in [0, 0.1) is 12.8 Å². The van der Waals surface area contributed by atoms with Gasteiger partial charge < -0.3 is 15.1 Å². The summed E-state index contributed by atoms with van der Waals surface area (Å²) >= 11 is 0.